The van der Waals surface area contributed by atoms with Gasteiger partial charge in [-0.1, -0.05) is 12.1 Å². The molecule has 0 aliphatic carbocycles. The summed E-state index contributed by atoms with van der Waals surface area (Å²) in [5, 5.41) is 14.7. The van der Waals surface area contributed by atoms with E-state index in [1.165, 1.54) is 12.1 Å². The molecule has 2 aromatic rings. The van der Waals surface area contributed by atoms with Gasteiger partial charge in [-0.05, 0) is 42.3 Å². The molecule has 0 bridgehead atoms. The number of fused-ring (bicyclic) bond motifs is 1. The molecule has 1 atom stereocenters. The largest absolute Gasteiger partial charge is 0.478 e. The predicted octanol–water partition coefficient (Wildman–Crippen LogP) is 2.69. The van der Waals surface area contributed by atoms with Crippen molar-refractivity contribution in [2.75, 3.05) is 5.32 Å². The van der Waals surface area contributed by atoms with Crippen LogP contribution in [0.1, 0.15) is 38.0 Å². The fourth-order valence-corrected chi connectivity index (χ4v) is 2.43. The van der Waals surface area contributed by atoms with Crippen molar-refractivity contribution in [3.63, 3.8) is 0 Å². The van der Waals surface area contributed by atoms with Crippen LogP contribution in [0.15, 0.2) is 36.4 Å². The number of anilines is 1. The van der Waals surface area contributed by atoms with Gasteiger partial charge in [0.1, 0.15) is 12.0 Å². The third kappa shape index (κ3) is 2.39. The van der Waals surface area contributed by atoms with E-state index in [9.17, 15) is 14.0 Å². The van der Waals surface area contributed by atoms with Crippen molar-refractivity contribution in [2.24, 2.45) is 0 Å². The molecule has 1 unspecified atom stereocenters. The molecule has 112 valence electrons. The summed E-state index contributed by atoms with van der Waals surface area (Å²) in [5.74, 6) is -2.43. The smallest absolute Gasteiger partial charge is 0.338 e. The van der Waals surface area contributed by atoms with E-state index >= 15 is 0 Å². The van der Waals surface area contributed by atoms with Crippen LogP contribution >= 0.6 is 0 Å². The van der Waals surface area contributed by atoms with Crippen LogP contribution in [-0.4, -0.2) is 17.0 Å². The van der Waals surface area contributed by atoms with Gasteiger partial charge in [0, 0.05) is 5.69 Å². The quantitative estimate of drug-likeness (QED) is 0.797. The number of aryl methyl sites for hydroxylation is 1. The number of halogens is 1. The molecule has 0 saturated heterocycles. The van der Waals surface area contributed by atoms with Gasteiger partial charge in [0.2, 0.25) is 0 Å². The van der Waals surface area contributed by atoms with Gasteiger partial charge in [-0.15, -0.1) is 0 Å². The van der Waals surface area contributed by atoms with Crippen LogP contribution in [0.3, 0.4) is 0 Å². The maximum absolute atomic E-state index is 13.8. The Labute approximate surface area is 125 Å². The van der Waals surface area contributed by atoms with E-state index in [1.807, 2.05) is 19.1 Å². The lowest BCUT2D eigenvalue weighted by molar-refractivity contribution is 0.0691. The predicted molar refractivity (Wildman–Crippen MR) is 78.4 cm³/mol. The normalized spacial score (nSPS) is 16.5. The Bertz CT molecular complexity index is 789. The average Bonchev–Trinajstić information content (AvgIpc) is 2.46. The lowest BCUT2D eigenvalue weighted by atomic mass is 10.0. The molecule has 0 aromatic heterocycles. The van der Waals surface area contributed by atoms with Crippen molar-refractivity contribution in [1.29, 1.82) is 0 Å². The molecule has 5 nitrogen and oxygen atoms in total. The van der Waals surface area contributed by atoms with E-state index in [2.05, 4.69) is 10.6 Å². The van der Waals surface area contributed by atoms with Crippen LogP contribution in [0, 0.1) is 12.7 Å². The summed E-state index contributed by atoms with van der Waals surface area (Å²) in [4.78, 5) is 22.9. The fourth-order valence-electron chi connectivity index (χ4n) is 2.43. The van der Waals surface area contributed by atoms with Crippen LogP contribution in [0.4, 0.5) is 10.1 Å². The molecule has 1 aliphatic rings. The van der Waals surface area contributed by atoms with E-state index in [-0.39, 0.29) is 5.91 Å². The lowest BCUT2D eigenvalue weighted by Gasteiger charge is -2.28. The molecule has 2 aromatic carbocycles. The molecule has 1 heterocycles. The van der Waals surface area contributed by atoms with E-state index in [4.69, 9.17) is 5.11 Å². The van der Waals surface area contributed by atoms with Gasteiger partial charge in [0.15, 0.2) is 0 Å². The van der Waals surface area contributed by atoms with E-state index in [0.717, 1.165) is 11.6 Å². The highest BCUT2D eigenvalue weighted by Crippen LogP contribution is 2.28. The molecule has 3 rings (SSSR count). The molecular formula is C16H13FN2O3. The van der Waals surface area contributed by atoms with E-state index < -0.39 is 23.5 Å². The Hall–Kier alpha value is -2.89. The SMILES string of the molecule is Cc1ccc2c(c1)NC(c1ccc(C(=O)O)c(F)c1)NC2=O. The number of carbonyl (C=O) groups is 2. The third-order valence-corrected chi connectivity index (χ3v) is 3.55. The number of carboxylic acid groups (broad SMARTS) is 1. The molecule has 3 N–H and O–H groups in total. The Morgan fingerprint density at radius 3 is 2.64 bits per heavy atom. The first-order valence-electron chi connectivity index (χ1n) is 6.66. The number of aromatic carboxylic acids is 1. The van der Waals surface area contributed by atoms with Gasteiger partial charge >= 0.3 is 5.97 Å². The maximum atomic E-state index is 13.8. The Morgan fingerprint density at radius 1 is 1.18 bits per heavy atom. The Balaban J connectivity index is 1.96. The third-order valence-electron chi connectivity index (χ3n) is 3.55. The summed E-state index contributed by atoms with van der Waals surface area (Å²) in [6.45, 7) is 1.91. The van der Waals surface area contributed by atoms with Crippen molar-refractivity contribution < 1.29 is 19.1 Å². The second-order valence-corrected chi connectivity index (χ2v) is 5.14. The molecular weight excluding hydrogens is 287 g/mol. The number of carbonyl (C=O) groups excluding carboxylic acids is 1. The zero-order chi connectivity index (χ0) is 15.9. The number of nitrogens with one attached hydrogen (secondary N) is 2. The zero-order valence-electron chi connectivity index (χ0n) is 11.7. The molecule has 22 heavy (non-hydrogen) atoms. The fraction of sp³-hybridized carbons (Fsp3) is 0.125. The summed E-state index contributed by atoms with van der Waals surface area (Å²) in [6.07, 6.45) is -0.612. The number of hydrogen-bond acceptors (Lipinski definition) is 3. The molecule has 1 amide bonds. The minimum absolute atomic E-state index is 0.263. The average molecular weight is 300 g/mol. The summed E-state index contributed by atoms with van der Waals surface area (Å²) in [5.41, 5.74) is 2.22. The maximum Gasteiger partial charge on any atom is 0.338 e. The van der Waals surface area contributed by atoms with Gasteiger partial charge in [0.05, 0.1) is 11.1 Å². The zero-order valence-corrected chi connectivity index (χ0v) is 11.7. The second-order valence-electron chi connectivity index (χ2n) is 5.14. The summed E-state index contributed by atoms with van der Waals surface area (Å²) in [6, 6.07) is 9.17. The first-order chi connectivity index (χ1) is 10.5. The molecule has 6 heteroatoms. The topological polar surface area (TPSA) is 78.4 Å². The first-order valence-corrected chi connectivity index (χ1v) is 6.66. The monoisotopic (exact) mass is 300 g/mol. The van der Waals surface area contributed by atoms with Gasteiger partial charge < -0.3 is 15.7 Å². The Morgan fingerprint density at radius 2 is 1.95 bits per heavy atom. The highest BCUT2D eigenvalue weighted by Gasteiger charge is 2.25. The van der Waals surface area contributed by atoms with Crippen molar-refractivity contribution in [1.82, 2.24) is 5.32 Å². The number of amides is 1. The van der Waals surface area contributed by atoms with Crippen molar-refractivity contribution in [3.8, 4) is 0 Å². The van der Waals surface area contributed by atoms with Crippen molar-refractivity contribution in [3.05, 3.63) is 64.5 Å². The van der Waals surface area contributed by atoms with Crippen molar-refractivity contribution >= 4 is 17.6 Å². The molecule has 0 spiro atoms. The van der Waals surface area contributed by atoms with E-state index in [0.29, 0.717) is 16.8 Å². The minimum Gasteiger partial charge on any atom is -0.478 e. The van der Waals surface area contributed by atoms with Gasteiger partial charge in [-0.3, -0.25) is 4.79 Å². The second kappa shape index (κ2) is 5.14. The van der Waals surface area contributed by atoms with Gasteiger partial charge in [-0.2, -0.15) is 0 Å². The number of benzene rings is 2. The lowest BCUT2D eigenvalue weighted by Crippen LogP contribution is -2.38. The number of carboxylic acids is 1. The van der Waals surface area contributed by atoms with Gasteiger partial charge in [-0.25, -0.2) is 9.18 Å². The summed E-state index contributed by atoms with van der Waals surface area (Å²) >= 11 is 0. The summed E-state index contributed by atoms with van der Waals surface area (Å²) < 4.78 is 13.8. The molecule has 0 radical (unpaired) electrons. The van der Waals surface area contributed by atoms with Gasteiger partial charge in [0.25, 0.3) is 5.91 Å². The Kier molecular flexibility index (Phi) is 3.29. The molecule has 1 aliphatic heterocycles. The molecule has 0 fully saturated rings. The highest BCUT2D eigenvalue weighted by molar-refractivity contribution is 6.01. The first kappa shape index (κ1) is 14.1. The number of rotatable bonds is 2. The number of hydrogen-bond donors (Lipinski definition) is 3. The van der Waals surface area contributed by atoms with Crippen LogP contribution in [0.2, 0.25) is 0 Å². The van der Waals surface area contributed by atoms with Crippen molar-refractivity contribution in [2.45, 2.75) is 13.1 Å². The molecule has 0 saturated carbocycles. The van der Waals surface area contributed by atoms with E-state index in [1.54, 1.807) is 6.07 Å². The van der Waals surface area contributed by atoms with Crippen LogP contribution in [0.25, 0.3) is 0 Å². The highest BCUT2D eigenvalue weighted by atomic mass is 19.1. The van der Waals surface area contributed by atoms with Crippen LogP contribution in [-0.2, 0) is 0 Å². The van der Waals surface area contributed by atoms with Crippen LogP contribution in [0.5, 0.6) is 0 Å². The summed E-state index contributed by atoms with van der Waals surface area (Å²) in [7, 11) is 0. The minimum atomic E-state index is -1.33. The standard InChI is InChI=1S/C16H13FN2O3/c1-8-2-4-11-13(6-8)18-14(19-15(11)20)9-3-5-10(16(21)22)12(17)7-9/h2-7,14,18H,1H3,(H,19,20)(H,21,22). The van der Waals surface area contributed by atoms with Crippen LogP contribution < -0.4 is 10.6 Å².